The summed E-state index contributed by atoms with van der Waals surface area (Å²) in [5.74, 6) is -0.199. The number of phosphoric ester groups is 1. The molecule has 0 spiro atoms. The van der Waals surface area contributed by atoms with Crippen LogP contribution in [0.4, 0.5) is 0 Å². The number of aliphatic hydroxyl groups is 1. The highest BCUT2D eigenvalue weighted by Gasteiger charge is 2.26. The molecule has 0 aliphatic carbocycles. The highest BCUT2D eigenvalue weighted by molar-refractivity contribution is 7.47. The van der Waals surface area contributed by atoms with Crippen molar-refractivity contribution >= 4 is 13.7 Å². The number of carbonyl (C=O) groups is 1. The molecule has 0 saturated heterocycles. The number of nitrogens with one attached hydrogen (secondary N) is 1. The van der Waals surface area contributed by atoms with Gasteiger partial charge in [-0.05, 0) is 19.3 Å². The molecule has 238 valence electrons. The van der Waals surface area contributed by atoms with Crippen molar-refractivity contribution in [1.82, 2.24) is 5.32 Å². The summed E-state index contributed by atoms with van der Waals surface area (Å²) < 4.78 is 21.8. The molecule has 0 aliphatic rings. The summed E-state index contributed by atoms with van der Waals surface area (Å²) in [4.78, 5) is 22.4. The largest absolute Gasteiger partial charge is 0.472 e. The van der Waals surface area contributed by atoms with E-state index in [1.807, 2.05) is 6.08 Å². The third-order valence-corrected chi connectivity index (χ3v) is 8.10. The number of aliphatic hydroxyl groups excluding tert-OH is 1. The lowest BCUT2D eigenvalue weighted by molar-refractivity contribution is -0.123. The molecule has 0 radical (unpaired) electrons. The number of hydrogen-bond acceptors (Lipinski definition) is 6. The van der Waals surface area contributed by atoms with Crippen LogP contribution >= 0.6 is 7.82 Å². The highest BCUT2D eigenvalue weighted by Crippen LogP contribution is 2.43. The van der Waals surface area contributed by atoms with Gasteiger partial charge < -0.3 is 21.1 Å². The fourth-order valence-electron chi connectivity index (χ4n) is 4.60. The predicted octanol–water partition coefficient (Wildman–Crippen LogP) is 7.71. The number of rotatable bonds is 30. The second-order valence-electron chi connectivity index (χ2n) is 11.0. The smallest absolute Gasteiger partial charge is 0.387 e. The van der Waals surface area contributed by atoms with Crippen LogP contribution in [-0.4, -0.2) is 47.8 Å². The molecule has 0 bridgehead atoms. The Kier molecular flexibility index (Phi) is 27.8. The standard InChI is InChI=1S/C31H63N2O6P/c1-3-5-7-9-11-12-13-14-15-16-17-19-21-23-25-31(35)33-29(28-39-40(36,37)38-27-26-32)30(34)24-22-20-18-10-8-6-4-2/h22,24,29-30,34H,3-21,23,25-28,32H2,1-2H3,(H,33,35)(H,36,37)/b24-22+. The van der Waals surface area contributed by atoms with Gasteiger partial charge in [0.2, 0.25) is 5.91 Å². The fraction of sp³-hybridized carbons (Fsp3) is 0.903. The van der Waals surface area contributed by atoms with Gasteiger partial charge in [-0.25, -0.2) is 4.57 Å². The fourth-order valence-corrected chi connectivity index (χ4v) is 5.36. The first-order chi connectivity index (χ1) is 19.4. The molecule has 9 heteroatoms. The third-order valence-electron chi connectivity index (χ3n) is 7.11. The Hall–Kier alpha value is -0.760. The van der Waals surface area contributed by atoms with Gasteiger partial charge in [-0.3, -0.25) is 13.8 Å². The van der Waals surface area contributed by atoms with E-state index in [0.717, 1.165) is 38.5 Å². The monoisotopic (exact) mass is 590 g/mol. The van der Waals surface area contributed by atoms with Gasteiger partial charge in [0.1, 0.15) is 0 Å². The molecule has 0 heterocycles. The van der Waals surface area contributed by atoms with Gasteiger partial charge in [0.05, 0.1) is 25.4 Å². The Labute approximate surface area is 245 Å². The average molecular weight is 591 g/mol. The Morgan fingerprint density at radius 2 is 1.27 bits per heavy atom. The van der Waals surface area contributed by atoms with Gasteiger partial charge in [-0.2, -0.15) is 0 Å². The van der Waals surface area contributed by atoms with Crippen LogP contribution in [0.3, 0.4) is 0 Å². The Morgan fingerprint density at radius 3 is 1.77 bits per heavy atom. The number of unbranched alkanes of at least 4 members (excludes halogenated alkanes) is 18. The maximum atomic E-state index is 12.6. The van der Waals surface area contributed by atoms with Crippen LogP contribution in [0, 0.1) is 0 Å². The molecule has 40 heavy (non-hydrogen) atoms. The van der Waals surface area contributed by atoms with Crippen molar-refractivity contribution in [3.05, 3.63) is 12.2 Å². The van der Waals surface area contributed by atoms with Gasteiger partial charge in [-0.1, -0.05) is 135 Å². The van der Waals surface area contributed by atoms with E-state index in [4.69, 9.17) is 14.8 Å². The van der Waals surface area contributed by atoms with Crippen LogP contribution in [0.15, 0.2) is 12.2 Å². The number of nitrogens with two attached hydrogens (primary N) is 1. The predicted molar refractivity (Wildman–Crippen MR) is 166 cm³/mol. The van der Waals surface area contributed by atoms with Crippen molar-refractivity contribution in [2.24, 2.45) is 5.73 Å². The SMILES string of the molecule is CCCCCCC/C=C/C(O)C(COP(=O)(O)OCCN)NC(=O)CCCCCCCCCCCCCCCC. The molecule has 0 aromatic carbocycles. The summed E-state index contributed by atoms with van der Waals surface area (Å²) >= 11 is 0. The minimum Gasteiger partial charge on any atom is -0.387 e. The van der Waals surface area contributed by atoms with Crippen LogP contribution in [0.25, 0.3) is 0 Å². The summed E-state index contributed by atoms with van der Waals surface area (Å²) in [5, 5.41) is 13.4. The summed E-state index contributed by atoms with van der Waals surface area (Å²) in [6.07, 6.45) is 27.0. The number of hydrogen-bond donors (Lipinski definition) is 4. The maximum absolute atomic E-state index is 12.6. The molecule has 0 fully saturated rings. The average Bonchev–Trinajstić information content (AvgIpc) is 2.93. The van der Waals surface area contributed by atoms with Gasteiger partial charge in [0.25, 0.3) is 0 Å². The molecule has 8 nitrogen and oxygen atoms in total. The number of carbonyl (C=O) groups excluding carboxylic acids is 1. The van der Waals surface area contributed by atoms with E-state index in [-0.39, 0.29) is 25.7 Å². The second-order valence-corrected chi connectivity index (χ2v) is 12.5. The summed E-state index contributed by atoms with van der Waals surface area (Å²) in [7, 11) is -4.31. The summed E-state index contributed by atoms with van der Waals surface area (Å²) in [5.41, 5.74) is 5.32. The molecule has 0 saturated carbocycles. The van der Waals surface area contributed by atoms with Crippen molar-refractivity contribution in [3.8, 4) is 0 Å². The van der Waals surface area contributed by atoms with E-state index >= 15 is 0 Å². The first kappa shape index (κ1) is 39.2. The van der Waals surface area contributed by atoms with E-state index in [1.165, 1.54) is 89.9 Å². The van der Waals surface area contributed by atoms with Crippen molar-refractivity contribution in [2.45, 2.75) is 161 Å². The minimum absolute atomic E-state index is 0.0802. The lowest BCUT2D eigenvalue weighted by Crippen LogP contribution is -2.45. The quantitative estimate of drug-likeness (QED) is 0.0383. The van der Waals surface area contributed by atoms with E-state index in [9.17, 15) is 19.4 Å². The Bertz CT molecular complexity index is 649. The molecule has 0 rings (SSSR count). The summed E-state index contributed by atoms with van der Waals surface area (Å²) in [6, 6.07) is -0.850. The highest BCUT2D eigenvalue weighted by atomic mass is 31.2. The molecular formula is C31H63N2O6P. The van der Waals surface area contributed by atoms with Crippen LogP contribution in [0.5, 0.6) is 0 Å². The maximum Gasteiger partial charge on any atom is 0.472 e. The Balaban J connectivity index is 4.28. The van der Waals surface area contributed by atoms with Crippen molar-refractivity contribution in [1.29, 1.82) is 0 Å². The lowest BCUT2D eigenvalue weighted by Gasteiger charge is -2.23. The molecule has 0 aliphatic heterocycles. The van der Waals surface area contributed by atoms with Gasteiger partial charge in [-0.15, -0.1) is 0 Å². The van der Waals surface area contributed by atoms with Gasteiger partial charge in [0.15, 0.2) is 0 Å². The zero-order chi connectivity index (χ0) is 29.7. The van der Waals surface area contributed by atoms with Crippen molar-refractivity contribution in [2.75, 3.05) is 19.8 Å². The molecule has 5 N–H and O–H groups in total. The number of phosphoric acid groups is 1. The van der Waals surface area contributed by atoms with Gasteiger partial charge >= 0.3 is 7.82 Å². The topological polar surface area (TPSA) is 131 Å². The van der Waals surface area contributed by atoms with E-state index < -0.39 is 20.0 Å². The zero-order valence-corrected chi connectivity index (χ0v) is 26.7. The van der Waals surface area contributed by atoms with E-state index in [1.54, 1.807) is 6.08 Å². The first-order valence-corrected chi connectivity index (χ1v) is 17.8. The third kappa shape index (κ3) is 26.2. The van der Waals surface area contributed by atoms with Crippen LogP contribution < -0.4 is 11.1 Å². The molecule has 0 aromatic rings. The molecule has 3 atom stereocenters. The van der Waals surface area contributed by atoms with Crippen molar-refractivity contribution in [3.63, 3.8) is 0 Å². The van der Waals surface area contributed by atoms with E-state index in [2.05, 4.69) is 19.2 Å². The van der Waals surface area contributed by atoms with Gasteiger partial charge in [0, 0.05) is 13.0 Å². The van der Waals surface area contributed by atoms with Crippen molar-refractivity contribution < 1.29 is 28.4 Å². The lowest BCUT2D eigenvalue weighted by atomic mass is 10.0. The first-order valence-electron chi connectivity index (χ1n) is 16.3. The molecule has 0 aromatic heterocycles. The number of allylic oxidation sites excluding steroid dienone is 1. The van der Waals surface area contributed by atoms with Crippen LogP contribution in [-0.2, 0) is 18.4 Å². The number of amides is 1. The Morgan fingerprint density at radius 1 is 0.800 bits per heavy atom. The molecule has 3 unspecified atom stereocenters. The van der Waals surface area contributed by atoms with Crippen LogP contribution in [0.1, 0.15) is 149 Å². The normalized spacial score (nSPS) is 14.8. The zero-order valence-electron chi connectivity index (χ0n) is 25.8. The second kappa shape index (κ2) is 28.4. The van der Waals surface area contributed by atoms with E-state index in [0.29, 0.717) is 6.42 Å². The summed E-state index contributed by atoms with van der Waals surface area (Å²) in [6.45, 7) is 4.05. The molecular weight excluding hydrogens is 527 g/mol. The molecule has 1 amide bonds. The van der Waals surface area contributed by atoms with Crippen LogP contribution in [0.2, 0.25) is 0 Å². The minimum atomic E-state index is -4.31.